The molecule has 0 spiro atoms. The van der Waals surface area contributed by atoms with Crippen LogP contribution in [0, 0.1) is 0 Å². The zero-order valence-electron chi connectivity index (χ0n) is 14.7. The molecule has 2 rings (SSSR count). The van der Waals surface area contributed by atoms with Gasteiger partial charge in [0.05, 0.1) is 6.26 Å². The topological polar surface area (TPSA) is 70.1 Å². The standard InChI is InChI=1S/C17H28N2O4S/c1-14(2)16-6-4-5-7-17(16)23-13-15(20)12-18-8-10-19(11-9-18)24(3,21)22/h4-7,14-15,20H,8-13H2,1-3H3/t15-/m0/s1. The van der Waals surface area contributed by atoms with Gasteiger partial charge in [0.2, 0.25) is 10.0 Å². The van der Waals surface area contributed by atoms with E-state index in [0.717, 1.165) is 11.3 Å². The molecule has 1 N–H and O–H groups in total. The van der Waals surface area contributed by atoms with Crippen molar-refractivity contribution in [2.24, 2.45) is 0 Å². The molecule has 1 heterocycles. The molecule has 1 atom stereocenters. The predicted molar refractivity (Wildman–Crippen MR) is 94.9 cm³/mol. The number of ether oxygens (including phenoxy) is 1. The molecule has 24 heavy (non-hydrogen) atoms. The number of aliphatic hydroxyl groups excluding tert-OH is 1. The molecule has 0 saturated carbocycles. The molecule has 0 unspecified atom stereocenters. The van der Waals surface area contributed by atoms with Crippen molar-refractivity contribution in [2.45, 2.75) is 25.9 Å². The summed E-state index contributed by atoms with van der Waals surface area (Å²) in [5.74, 6) is 1.18. The molecule has 0 bridgehead atoms. The van der Waals surface area contributed by atoms with Gasteiger partial charge in [-0.15, -0.1) is 0 Å². The van der Waals surface area contributed by atoms with Crippen molar-refractivity contribution in [1.82, 2.24) is 9.21 Å². The van der Waals surface area contributed by atoms with Crippen molar-refractivity contribution in [3.63, 3.8) is 0 Å². The van der Waals surface area contributed by atoms with Crippen molar-refractivity contribution < 1.29 is 18.3 Å². The van der Waals surface area contributed by atoms with Crippen LogP contribution in [0.3, 0.4) is 0 Å². The van der Waals surface area contributed by atoms with E-state index in [1.54, 1.807) is 0 Å². The normalized spacial score (nSPS) is 18.7. The monoisotopic (exact) mass is 356 g/mol. The Balaban J connectivity index is 1.80. The van der Waals surface area contributed by atoms with E-state index in [0.29, 0.717) is 38.6 Å². The molecule has 6 nitrogen and oxygen atoms in total. The maximum Gasteiger partial charge on any atom is 0.211 e. The number of rotatable bonds is 7. The van der Waals surface area contributed by atoms with Crippen molar-refractivity contribution in [2.75, 3.05) is 45.6 Å². The zero-order chi connectivity index (χ0) is 17.7. The van der Waals surface area contributed by atoms with Crippen LogP contribution in [0.25, 0.3) is 0 Å². The zero-order valence-corrected chi connectivity index (χ0v) is 15.5. The fourth-order valence-electron chi connectivity index (χ4n) is 2.87. The van der Waals surface area contributed by atoms with Gasteiger partial charge in [-0.3, -0.25) is 4.90 Å². The number of nitrogens with zero attached hydrogens (tertiary/aromatic N) is 2. The molecule has 7 heteroatoms. The Hall–Kier alpha value is -1.15. The molecule has 1 aliphatic heterocycles. The van der Waals surface area contributed by atoms with Crippen LogP contribution in [-0.2, 0) is 10.0 Å². The highest BCUT2D eigenvalue weighted by Gasteiger charge is 2.24. The maximum atomic E-state index is 11.5. The van der Waals surface area contributed by atoms with Gasteiger partial charge in [-0.1, -0.05) is 32.0 Å². The first-order valence-corrected chi connectivity index (χ1v) is 10.2. The molecule has 1 aromatic rings. The van der Waals surface area contributed by atoms with E-state index in [2.05, 4.69) is 18.7 Å². The number of aliphatic hydroxyl groups is 1. The molecule has 1 aromatic carbocycles. The first-order chi connectivity index (χ1) is 11.3. The third-order valence-corrected chi connectivity index (χ3v) is 5.54. The Bertz CT molecular complexity index is 625. The van der Waals surface area contributed by atoms with Crippen LogP contribution in [0.1, 0.15) is 25.3 Å². The van der Waals surface area contributed by atoms with Crippen LogP contribution in [0.5, 0.6) is 5.75 Å². The smallest absolute Gasteiger partial charge is 0.211 e. The number of benzene rings is 1. The molecule has 1 fully saturated rings. The predicted octanol–water partition coefficient (Wildman–Crippen LogP) is 1.13. The summed E-state index contributed by atoms with van der Waals surface area (Å²) < 4.78 is 30.3. The van der Waals surface area contributed by atoms with Gasteiger partial charge >= 0.3 is 0 Å². The summed E-state index contributed by atoms with van der Waals surface area (Å²) in [6.07, 6.45) is 0.632. The minimum Gasteiger partial charge on any atom is -0.491 e. The minimum atomic E-state index is -3.12. The van der Waals surface area contributed by atoms with E-state index < -0.39 is 16.1 Å². The highest BCUT2D eigenvalue weighted by Crippen LogP contribution is 2.25. The number of hydrogen-bond donors (Lipinski definition) is 1. The van der Waals surface area contributed by atoms with Gasteiger partial charge < -0.3 is 9.84 Å². The first kappa shape index (κ1) is 19.2. The van der Waals surface area contributed by atoms with Gasteiger partial charge in [0.15, 0.2) is 0 Å². The van der Waals surface area contributed by atoms with E-state index in [1.807, 2.05) is 24.3 Å². The summed E-state index contributed by atoms with van der Waals surface area (Å²) >= 11 is 0. The van der Waals surface area contributed by atoms with Crippen molar-refractivity contribution in [1.29, 1.82) is 0 Å². The van der Waals surface area contributed by atoms with Crippen molar-refractivity contribution in [3.05, 3.63) is 29.8 Å². The third kappa shape index (κ3) is 5.44. The summed E-state index contributed by atoms with van der Waals surface area (Å²) in [5, 5.41) is 10.2. The van der Waals surface area contributed by atoms with Gasteiger partial charge in [0.25, 0.3) is 0 Å². The van der Waals surface area contributed by atoms with E-state index in [4.69, 9.17) is 4.74 Å². The number of β-amino-alcohol motifs (C(OH)–C–C–N with tert-alkyl or cyclic N) is 1. The summed E-state index contributed by atoms with van der Waals surface area (Å²) in [7, 11) is -3.12. The van der Waals surface area contributed by atoms with E-state index >= 15 is 0 Å². The number of para-hydroxylation sites is 1. The SMILES string of the molecule is CC(C)c1ccccc1OC[C@@H](O)CN1CCN(S(C)(=O)=O)CC1. The lowest BCUT2D eigenvalue weighted by Crippen LogP contribution is -2.50. The molecule has 0 aromatic heterocycles. The van der Waals surface area contributed by atoms with E-state index in [-0.39, 0.29) is 6.61 Å². The summed E-state index contributed by atoms with van der Waals surface area (Å²) in [5.41, 5.74) is 1.13. The largest absolute Gasteiger partial charge is 0.491 e. The lowest BCUT2D eigenvalue weighted by atomic mass is 10.0. The van der Waals surface area contributed by atoms with Crippen LogP contribution in [0.2, 0.25) is 0 Å². The van der Waals surface area contributed by atoms with Crippen LogP contribution >= 0.6 is 0 Å². The van der Waals surface area contributed by atoms with Crippen LogP contribution < -0.4 is 4.74 Å². The molecule has 0 aliphatic carbocycles. The Kier molecular flexibility index (Phi) is 6.62. The number of piperazine rings is 1. The Morgan fingerprint density at radius 2 is 1.79 bits per heavy atom. The highest BCUT2D eigenvalue weighted by molar-refractivity contribution is 7.88. The Morgan fingerprint density at radius 3 is 2.38 bits per heavy atom. The molecule has 0 radical (unpaired) electrons. The Labute approximate surface area is 145 Å². The minimum absolute atomic E-state index is 0.232. The van der Waals surface area contributed by atoms with E-state index in [9.17, 15) is 13.5 Å². The molecule has 0 amide bonds. The maximum absolute atomic E-state index is 11.5. The third-order valence-electron chi connectivity index (χ3n) is 4.24. The van der Waals surface area contributed by atoms with Gasteiger partial charge in [-0.2, -0.15) is 4.31 Å². The molecule has 136 valence electrons. The van der Waals surface area contributed by atoms with Gasteiger partial charge in [0, 0.05) is 32.7 Å². The quantitative estimate of drug-likeness (QED) is 0.793. The molecule has 1 saturated heterocycles. The molecular formula is C17H28N2O4S. The fraction of sp³-hybridized carbons (Fsp3) is 0.647. The summed E-state index contributed by atoms with van der Waals surface area (Å²) in [4.78, 5) is 2.07. The van der Waals surface area contributed by atoms with E-state index in [1.165, 1.54) is 10.6 Å². The van der Waals surface area contributed by atoms with Crippen molar-refractivity contribution in [3.8, 4) is 5.75 Å². The average molecular weight is 356 g/mol. The van der Waals surface area contributed by atoms with Gasteiger partial charge in [-0.05, 0) is 17.5 Å². The molecular weight excluding hydrogens is 328 g/mol. The van der Waals surface area contributed by atoms with Crippen LogP contribution in [0.15, 0.2) is 24.3 Å². The van der Waals surface area contributed by atoms with Crippen molar-refractivity contribution >= 4 is 10.0 Å². The lowest BCUT2D eigenvalue weighted by Gasteiger charge is -2.34. The Morgan fingerprint density at radius 1 is 1.17 bits per heavy atom. The van der Waals surface area contributed by atoms with Crippen LogP contribution in [0.4, 0.5) is 0 Å². The summed E-state index contributed by atoms with van der Waals surface area (Å²) in [6, 6.07) is 7.88. The highest BCUT2D eigenvalue weighted by atomic mass is 32.2. The van der Waals surface area contributed by atoms with Gasteiger partial charge in [0.1, 0.15) is 18.5 Å². The average Bonchev–Trinajstić information content (AvgIpc) is 2.53. The second kappa shape index (κ2) is 8.29. The molecule has 1 aliphatic rings. The number of hydrogen-bond acceptors (Lipinski definition) is 5. The second-order valence-electron chi connectivity index (χ2n) is 6.62. The number of sulfonamides is 1. The first-order valence-electron chi connectivity index (χ1n) is 8.34. The summed E-state index contributed by atoms with van der Waals surface area (Å²) in [6.45, 7) is 7.15. The second-order valence-corrected chi connectivity index (χ2v) is 8.60. The fourth-order valence-corrected chi connectivity index (χ4v) is 3.70. The van der Waals surface area contributed by atoms with Crippen LogP contribution in [-0.4, -0.2) is 74.4 Å². The lowest BCUT2D eigenvalue weighted by molar-refractivity contribution is 0.0566. The van der Waals surface area contributed by atoms with Gasteiger partial charge in [-0.25, -0.2) is 8.42 Å².